The number of nitrogens with zero attached hydrogens (tertiary/aromatic N) is 1. The van der Waals surface area contributed by atoms with Gasteiger partial charge >= 0.3 is 6.09 Å². The Morgan fingerprint density at radius 1 is 1.13 bits per heavy atom. The number of aromatic nitrogens is 1. The third-order valence-corrected chi connectivity index (χ3v) is 4.63. The predicted molar refractivity (Wildman–Crippen MR) is 119 cm³/mol. The van der Waals surface area contributed by atoms with E-state index in [4.69, 9.17) is 4.74 Å². The number of pyridine rings is 1. The van der Waals surface area contributed by atoms with Gasteiger partial charge in [0.15, 0.2) is 0 Å². The summed E-state index contributed by atoms with van der Waals surface area (Å²) in [7, 11) is 0. The molecule has 170 valence electrons. The molecular weight excluding hydrogens is 397 g/mol. The quantitative estimate of drug-likeness (QED) is 0.561. The maximum absolute atomic E-state index is 14.2. The molecule has 3 N–H and O–H groups in total. The molecule has 1 aromatic carbocycles. The number of hydrogen-bond acceptors (Lipinski definition) is 5. The van der Waals surface area contributed by atoms with Crippen molar-refractivity contribution in [2.75, 3.05) is 6.54 Å². The van der Waals surface area contributed by atoms with Crippen LogP contribution >= 0.6 is 0 Å². The van der Waals surface area contributed by atoms with Crippen molar-refractivity contribution in [2.24, 2.45) is 0 Å². The number of ether oxygens (including phenoxy) is 1. The van der Waals surface area contributed by atoms with E-state index in [0.717, 1.165) is 11.1 Å². The fourth-order valence-electron chi connectivity index (χ4n) is 3.03. The third kappa shape index (κ3) is 9.02. The molecule has 0 aliphatic rings. The summed E-state index contributed by atoms with van der Waals surface area (Å²) in [4.78, 5) is 16.4. The third-order valence-electron chi connectivity index (χ3n) is 4.63. The van der Waals surface area contributed by atoms with Gasteiger partial charge in [-0.2, -0.15) is 0 Å². The van der Waals surface area contributed by atoms with Crippen LogP contribution in [0.1, 0.15) is 51.3 Å². The first kappa shape index (κ1) is 24.8. The van der Waals surface area contributed by atoms with Gasteiger partial charge in [-0.05, 0) is 58.2 Å². The summed E-state index contributed by atoms with van der Waals surface area (Å²) in [5.74, 6) is 0. The van der Waals surface area contributed by atoms with Crippen molar-refractivity contribution in [3.8, 4) is 0 Å². The number of nitrogens with one attached hydrogen (secondary N) is 2. The number of carbonyl (C=O) groups excluding carboxylic acids is 1. The van der Waals surface area contributed by atoms with Crippen molar-refractivity contribution >= 4 is 6.09 Å². The molecule has 6 nitrogen and oxygen atoms in total. The highest BCUT2D eigenvalue weighted by Gasteiger charge is 2.25. The molecule has 0 bridgehead atoms. The van der Waals surface area contributed by atoms with E-state index in [1.54, 1.807) is 33.0 Å². The van der Waals surface area contributed by atoms with E-state index in [2.05, 4.69) is 15.6 Å². The van der Waals surface area contributed by atoms with Gasteiger partial charge < -0.3 is 20.5 Å². The number of hydrogen-bond donors (Lipinski definition) is 3. The topological polar surface area (TPSA) is 83.5 Å². The Kier molecular flexibility index (Phi) is 8.53. The summed E-state index contributed by atoms with van der Waals surface area (Å²) in [6.45, 7) is 8.99. The molecule has 0 aliphatic heterocycles. The van der Waals surface area contributed by atoms with E-state index < -0.39 is 29.5 Å². The average molecular weight is 432 g/mol. The number of aliphatic hydroxyl groups is 1. The zero-order valence-corrected chi connectivity index (χ0v) is 19.0. The van der Waals surface area contributed by atoms with Gasteiger partial charge in [-0.1, -0.05) is 30.3 Å². The Labute approximate surface area is 184 Å². The number of amides is 1. The minimum absolute atomic E-state index is 0.233. The van der Waals surface area contributed by atoms with E-state index in [-0.39, 0.29) is 6.54 Å². The number of rotatable bonds is 9. The van der Waals surface area contributed by atoms with Crippen molar-refractivity contribution in [1.82, 2.24) is 15.6 Å². The molecule has 1 amide bonds. The van der Waals surface area contributed by atoms with Gasteiger partial charge in [0.2, 0.25) is 0 Å². The molecule has 31 heavy (non-hydrogen) atoms. The molecule has 2 rings (SSSR count). The zero-order chi connectivity index (χ0) is 23.1. The first-order valence-electron chi connectivity index (χ1n) is 10.5. The van der Waals surface area contributed by atoms with Crippen molar-refractivity contribution < 1.29 is 19.0 Å². The lowest BCUT2D eigenvalue weighted by molar-refractivity contribution is 0.0422. The molecule has 2 unspecified atom stereocenters. The number of alkyl carbamates (subject to hydrolysis) is 1. The smallest absolute Gasteiger partial charge is 0.407 e. The lowest BCUT2D eigenvalue weighted by Gasteiger charge is -2.27. The minimum atomic E-state index is -1.47. The van der Waals surface area contributed by atoms with Gasteiger partial charge in [0.05, 0.1) is 12.1 Å². The van der Waals surface area contributed by atoms with Crippen LogP contribution in [0.5, 0.6) is 0 Å². The maximum Gasteiger partial charge on any atom is 0.407 e. The summed E-state index contributed by atoms with van der Waals surface area (Å²) in [6.07, 6.45) is 2.19. The second kappa shape index (κ2) is 10.7. The number of aliphatic hydroxyl groups excluding tert-OH is 1. The Hall–Kier alpha value is -2.51. The molecule has 0 aliphatic carbocycles. The molecular formula is C24H34FN3O3. The number of carbonyl (C=O) groups is 1. The lowest BCUT2D eigenvalue weighted by atomic mass is 10.0. The highest BCUT2D eigenvalue weighted by atomic mass is 19.1. The van der Waals surface area contributed by atoms with Crippen LogP contribution < -0.4 is 10.6 Å². The van der Waals surface area contributed by atoms with E-state index >= 15 is 0 Å². The molecule has 1 heterocycles. The van der Waals surface area contributed by atoms with E-state index in [1.165, 1.54) is 20.0 Å². The van der Waals surface area contributed by atoms with Gasteiger partial charge in [-0.15, -0.1) is 0 Å². The van der Waals surface area contributed by atoms with Gasteiger partial charge in [-0.25, -0.2) is 9.18 Å². The summed E-state index contributed by atoms with van der Waals surface area (Å²) < 4.78 is 19.5. The van der Waals surface area contributed by atoms with E-state index in [9.17, 15) is 14.3 Å². The fraction of sp³-hybridized carbons (Fsp3) is 0.500. The van der Waals surface area contributed by atoms with Crippen LogP contribution in [0.4, 0.5) is 9.18 Å². The molecule has 0 saturated heterocycles. The SMILES string of the molecule is CC(C)(C)OC(=O)NC(Cc1ccccc1)C(O)CNCc1cncc(C(C)(C)F)c1. The molecule has 1 aromatic heterocycles. The minimum Gasteiger partial charge on any atom is -0.444 e. The van der Waals surface area contributed by atoms with Crippen molar-refractivity contribution in [3.63, 3.8) is 0 Å². The Balaban J connectivity index is 1.99. The molecule has 0 fully saturated rings. The highest BCUT2D eigenvalue weighted by molar-refractivity contribution is 5.68. The highest BCUT2D eigenvalue weighted by Crippen LogP contribution is 2.24. The summed E-state index contributed by atoms with van der Waals surface area (Å²) in [6, 6.07) is 10.8. The van der Waals surface area contributed by atoms with Crippen molar-refractivity contribution in [1.29, 1.82) is 0 Å². The lowest BCUT2D eigenvalue weighted by Crippen LogP contribution is -2.49. The fourth-order valence-corrected chi connectivity index (χ4v) is 3.03. The van der Waals surface area contributed by atoms with Crippen molar-refractivity contribution in [2.45, 2.75) is 71.0 Å². The van der Waals surface area contributed by atoms with Crippen LogP contribution in [0.25, 0.3) is 0 Å². The van der Waals surface area contributed by atoms with Crippen LogP contribution in [0, 0.1) is 0 Å². The Morgan fingerprint density at radius 2 is 1.81 bits per heavy atom. The average Bonchev–Trinajstić information content (AvgIpc) is 2.66. The molecule has 0 saturated carbocycles. The normalized spacial score (nSPS) is 14.0. The van der Waals surface area contributed by atoms with Gasteiger partial charge in [-0.3, -0.25) is 4.98 Å². The molecule has 2 aromatic rings. The second-order valence-electron chi connectivity index (χ2n) is 9.20. The standard InChI is InChI=1S/C24H34FN3O3/c1-23(2,3)31-22(30)28-20(12-17-9-7-6-8-10-17)21(29)16-27-14-18-11-19(15-26-13-18)24(4,5)25/h6-11,13,15,20-21,27,29H,12,14,16H2,1-5H3,(H,28,30). The largest absolute Gasteiger partial charge is 0.444 e. The van der Waals surface area contributed by atoms with Gasteiger partial charge in [0.1, 0.15) is 11.3 Å². The van der Waals surface area contributed by atoms with Crippen LogP contribution in [-0.2, 0) is 23.4 Å². The summed E-state index contributed by atoms with van der Waals surface area (Å²) >= 11 is 0. The monoisotopic (exact) mass is 431 g/mol. The van der Waals surface area contributed by atoms with Crippen LogP contribution in [0.3, 0.4) is 0 Å². The first-order chi connectivity index (χ1) is 14.4. The zero-order valence-electron chi connectivity index (χ0n) is 19.0. The number of halogens is 1. The van der Waals surface area contributed by atoms with Crippen LogP contribution in [-0.4, -0.2) is 40.5 Å². The van der Waals surface area contributed by atoms with E-state index in [0.29, 0.717) is 18.5 Å². The number of alkyl halides is 1. The van der Waals surface area contributed by atoms with Gasteiger partial charge in [0, 0.05) is 31.0 Å². The van der Waals surface area contributed by atoms with Crippen LogP contribution in [0.15, 0.2) is 48.8 Å². The Morgan fingerprint density at radius 3 is 2.42 bits per heavy atom. The van der Waals surface area contributed by atoms with E-state index in [1.807, 2.05) is 30.3 Å². The summed E-state index contributed by atoms with van der Waals surface area (Å²) in [5.41, 5.74) is 0.202. The Bertz CT molecular complexity index is 832. The number of benzene rings is 1. The second-order valence-corrected chi connectivity index (χ2v) is 9.20. The van der Waals surface area contributed by atoms with Gasteiger partial charge in [0.25, 0.3) is 0 Å². The first-order valence-corrected chi connectivity index (χ1v) is 10.5. The predicted octanol–water partition coefficient (Wildman–Crippen LogP) is 3.87. The maximum atomic E-state index is 14.2. The van der Waals surface area contributed by atoms with Crippen LogP contribution in [0.2, 0.25) is 0 Å². The van der Waals surface area contributed by atoms with Crippen molar-refractivity contribution in [3.05, 3.63) is 65.5 Å². The molecule has 0 spiro atoms. The molecule has 0 radical (unpaired) electrons. The summed E-state index contributed by atoms with van der Waals surface area (Å²) in [5, 5.41) is 16.7. The molecule has 2 atom stereocenters. The molecule has 7 heteroatoms.